The Hall–Kier alpha value is -1.41. The molecule has 120 valence electrons. The Labute approximate surface area is 133 Å². The smallest absolute Gasteiger partial charge is 0.362 e. The monoisotopic (exact) mass is 378 g/mol. The van der Waals surface area contributed by atoms with Crippen molar-refractivity contribution in [2.24, 2.45) is 5.10 Å². The van der Waals surface area contributed by atoms with Crippen LogP contribution in [0.5, 0.6) is 0 Å². The number of aliphatic hydroxyl groups is 1. The predicted octanol–water partition coefficient (Wildman–Crippen LogP) is 3.70. The van der Waals surface area contributed by atoms with Gasteiger partial charge in [-0.25, -0.2) is 0 Å². The zero-order valence-corrected chi connectivity index (χ0v) is 13.3. The molecule has 2 rings (SSSR count). The Morgan fingerprint density at radius 3 is 2.73 bits per heavy atom. The molecular weight excluding hydrogens is 365 g/mol. The minimum Gasteiger partial charge on any atom is -0.362 e. The summed E-state index contributed by atoms with van der Waals surface area (Å²) >= 11 is 3.15. The highest BCUT2D eigenvalue weighted by atomic mass is 79.9. The molecule has 0 aromatic heterocycles. The number of carbonyl (C=O) groups is 1. The van der Waals surface area contributed by atoms with Crippen LogP contribution in [0.4, 0.5) is 13.2 Å². The number of halogens is 4. The molecule has 1 aliphatic heterocycles. The molecule has 1 N–H and O–H groups in total. The van der Waals surface area contributed by atoms with Crippen LogP contribution in [0.1, 0.15) is 36.5 Å². The fraction of sp³-hybridized carbons (Fsp3) is 0.429. The molecule has 1 amide bonds. The number of nitrogens with zero attached hydrogens (tertiary/aromatic N) is 2. The predicted molar refractivity (Wildman–Crippen MR) is 78.3 cm³/mol. The maximum absolute atomic E-state index is 13.2. The fourth-order valence-electron chi connectivity index (χ4n) is 2.22. The Balaban J connectivity index is 2.41. The van der Waals surface area contributed by atoms with Gasteiger partial charge in [0.1, 0.15) is 0 Å². The van der Waals surface area contributed by atoms with Gasteiger partial charge in [-0.05, 0) is 24.6 Å². The van der Waals surface area contributed by atoms with Crippen molar-refractivity contribution in [2.75, 3.05) is 0 Å². The van der Waals surface area contributed by atoms with Crippen LogP contribution in [0.25, 0.3) is 0 Å². The summed E-state index contributed by atoms with van der Waals surface area (Å²) in [4.78, 5) is 12.3. The maximum Gasteiger partial charge on any atom is 0.438 e. The third kappa shape index (κ3) is 3.03. The first-order chi connectivity index (χ1) is 10.2. The van der Waals surface area contributed by atoms with E-state index in [4.69, 9.17) is 0 Å². The van der Waals surface area contributed by atoms with Gasteiger partial charge in [-0.3, -0.25) is 4.79 Å². The molecule has 4 nitrogen and oxygen atoms in total. The van der Waals surface area contributed by atoms with Crippen molar-refractivity contribution in [3.63, 3.8) is 0 Å². The summed E-state index contributed by atoms with van der Waals surface area (Å²) in [7, 11) is 0. The highest BCUT2D eigenvalue weighted by Gasteiger charge is 2.63. The van der Waals surface area contributed by atoms with E-state index >= 15 is 0 Å². The van der Waals surface area contributed by atoms with Crippen LogP contribution in [-0.4, -0.2) is 33.6 Å². The summed E-state index contributed by atoms with van der Waals surface area (Å²) in [5.41, 5.74) is -3.12. The van der Waals surface area contributed by atoms with Crippen LogP contribution in [0.3, 0.4) is 0 Å². The molecule has 1 aromatic rings. The van der Waals surface area contributed by atoms with Crippen molar-refractivity contribution in [3.05, 3.63) is 34.3 Å². The third-order valence-corrected chi connectivity index (χ3v) is 3.79. The molecule has 1 heterocycles. The summed E-state index contributed by atoms with van der Waals surface area (Å²) in [5, 5.41) is 13.9. The van der Waals surface area contributed by atoms with Gasteiger partial charge >= 0.3 is 6.18 Å². The van der Waals surface area contributed by atoms with E-state index in [1.165, 1.54) is 18.2 Å². The van der Waals surface area contributed by atoms with Gasteiger partial charge in [-0.2, -0.15) is 23.3 Å². The Morgan fingerprint density at radius 1 is 1.50 bits per heavy atom. The first-order valence-electron chi connectivity index (χ1n) is 6.64. The first-order valence-corrected chi connectivity index (χ1v) is 7.44. The van der Waals surface area contributed by atoms with Crippen LogP contribution in [0.2, 0.25) is 0 Å². The van der Waals surface area contributed by atoms with Crippen molar-refractivity contribution in [2.45, 2.75) is 38.1 Å². The SMILES string of the molecule is CCCC1=NN(C(=O)c2cccc(Br)c2)[C@@](O)(C(F)(F)F)C1. The average Bonchev–Trinajstić information content (AvgIpc) is 2.76. The number of amides is 1. The standard InChI is InChI=1S/C14H14BrF3N2O2/c1-2-4-11-8-13(22,14(16,17)18)20(19-11)12(21)9-5-3-6-10(15)7-9/h3,5-7,22H,2,4,8H2,1H3/t13-/m0/s1. The van der Waals surface area contributed by atoms with E-state index < -0.39 is 24.2 Å². The topological polar surface area (TPSA) is 52.9 Å². The summed E-state index contributed by atoms with van der Waals surface area (Å²) in [6, 6.07) is 5.92. The lowest BCUT2D eigenvalue weighted by molar-refractivity contribution is -0.297. The maximum atomic E-state index is 13.2. The molecule has 0 saturated carbocycles. The molecule has 8 heteroatoms. The molecule has 0 radical (unpaired) electrons. The van der Waals surface area contributed by atoms with Crippen molar-refractivity contribution < 1.29 is 23.1 Å². The normalized spacial score (nSPS) is 21.9. The van der Waals surface area contributed by atoms with E-state index in [0.717, 1.165) is 0 Å². The first kappa shape index (κ1) is 17.0. The van der Waals surface area contributed by atoms with Crippen molar-refractivity contribution in [1.29, 1.82) is 0 Å². The Kier molecular flexibility index (Phi) is 4.62. The number of hydrogen-bond acceptors (Lipinski definition) is 3. The van der Waals surface area contributed by atoms with Crippen LogP contribution in [-0.2, 0) is 0 Å². The average molecular weight is 379 g/mol. The van der Waals surface area contributed by atoms with E-state index in [1.807, 2.05) is 0 Å². The highest BCUT2D eigenvalue weighted by molar-refractivity contribution is 9.10. The van der Waals surface area contributed by atoms with Gasteiger partial charge in [-0.15, -0.1) is 0 Å². The molecule has 0 aliphatic carbocycles. The molecule has 0 bridgehead atoms. The lowest BCUT2D eigenvalue weighted by atomic mass is 10.0. The number of rotatable bonds is 3. The molecule has 1 aliphatic rings. The van der Waals surface area contributed by atoms with Gasteiger partial charge in [0.05, 0.1) is 0 Å². The van der Waals surface area contributed by atoms with Gasteiger partial charge in [0.25, 0.3) is 11.6 Å². The minimum atomic E-state index is -4.99. The van der Waals surface area contributed by atoms with Gasteiger partial charge < -0.3 is 5.11 Å². The number of alkyl halides is 3. The zero-order chi connectivity index (χ0) is 16.5. The largest absolute Gasteiger partial charge is 0.438 e. The lowest BCUT2D eigenvalue weighted by Gasteiger charge is -2.32. The van der Waals surface area contributed by atoms with Gasteiger partial charge in [-0.1, -0.05) is 35.3 Å². The third-order valence-electron chi connectivity index (χ3n) is 3.30. The van der Waals surface area contributed by atoms with Gasteiger partial charge in [0.15, 0.2) is 0 Å². The lowest BCUT2D eigenvalue weighted by Crippen LogP contribution is -2.56. The molecule has 0 saturated heterocycles. The van der Waals surface area contributed by atoms with Crippen LogP contribution in [0.15, 0.2) is 33.8 Å². The number of hydrazone groups is 1. The quantitative estimate of drug-likeness (QED) is 0.871. The Morgan fingerprint density at radius 2 is 2.18 bits per heavy atom. The summed E-state index contributed by atoms with van der Waals surface area (Å²) in [6.45, 7) is 1.79. The van der Waals surface area contributed by atoms with E-state index in [-0.39, 0.29) is 16.3 Å². The second kappa shape index (κ2) is 6.00. The zero-order valence-electron chi connectivity index (χ0n) is 11.7. The van der Waals surface area contributed by atoms with E-state index in [2.05, 4.69) is 21.0 Å². The van der Waals surface area contributed by atoms with Gasteiger partial charge in [0.2, 0.25) is 0 Å². The number of hydrogen-bond donors (Lipinski definition) is 1. The number of benzene rings is 1. The van der Waals surface area contributed by atoms with Crippen LogP contribution < -0.4 is 0 Å². The number of carbonyl (C=O) groups excluding carboxylic acids is 1. The fourth-order valence-corrected chi connectivity index (χ4v) is 2.62. The van der Waals surface area contributed by atoms with Crippen molar-refractivity contribution >= 4 is 27.5 Å². The highest BCUT2D eigenvalue weighted by Crippen LogP contribution is 2.41. The van der Waals surface area contributed by atoms with Crippen LogP contribution in [0, 0.1) is 0 Å². The molecular formula is C14H14BrF3N2O2. The molecule has 0 fully saturated rings. The van der Waals surface area contributed by atoms with E-state index in [0.29, 0.717) is 17.3 Å². The van der Waals surface area contributed by atoms with Crippen LogP contribution >= 0.6 is 15.9 Å². The second-order valence-electron chi connectivity index (χ2n) is 5.03. The van der Waals surface area contributed by atoms with Gasteiger partial charge in [0, 0.05) is 22.2 Å². The summed E-state index contributed by atoms with van der Waals surface area (Å²) < 4.78 is 40.3. The summed E-state index contributed by atoms with van der Waals surface area (Å²) in [6.07, 6.45) is -4.84. The second-order valence-corrected chi connectivity index (χ2v) is 5.95. The van der Waals surface area contributed by atoms with Crippen molar-refractivity contribution in [3.8, 4) is 0 Å². The molecule has 0 spiro atoms. The Bertz CT molecular complexity index is 618. The van der Waals surface area contributed by atoms with E-state index in [1.54, 1.807) is 13.0 Å². The van der Waals surface area contributed by atoms with Crippen molar-refractivity contribution in [1.82, 2.24) is 5.01 Å². The molecule has 1 aromatic carbocycles. The summed E-state index contributed by atoms with van der Waals surface area (Å²) in [5.74, 6) is -0.993. The molecule has 1 atom stereocenters. The molecule has 0 unspecified atom stereocenters. The minimum absolute atomic E-state index is 0.0125. The molecule has 22 heavy (non-hydrogen) atoms. The van der Waals surface area contributed by atoms with E-state index in [9.17, 15) is 23.1 Å².